The summed E-state index contributed by atoms with van der Waals surface area (Å²) in [4.78, 5) is 13.2. The number of rotatable bonds is 1. The van der Waals surface area contributed by atoms with Gasteiger partial charge in [-0.05, 0) is 20.8 Å². The number of thioether (sulfide) groups is 1. The fourth-order valence-electron chi connectivity index (χ4n) is 0.992. The van der Waals surface area contributed by atoms with Crippen molar-refractivity contribution in [1.29, 1.82) is 0 Å². The van der Waals surface area contributed by atoms with E-state index in [2.05, 4.69) is 10.5 Å². The molecule has 0 radical (unpaired) electrons. The van der Waals surface area contributed by atoms with Crippen molar-refractivity contribution in [3.8, 4) is 0 Å². The normalized spacial score (nSPS) is 19.5. The van der Waals surface area contributed by atoms with Crippen molar-refractivity contribution in [1.82, 2.24) is 10.3 Å². The van der Waals surface area contributed by atoms with Crippen LogP contribution in [0.4, 0.5) is 4.79 Å². The summed E-state index contributed by atoms with van der Waals surface area (Å²) >= 11 is 1.62. The Morgan fingerprint density at radius 1 is 1.60 bits per heavy atom. The molecule has 1 aliphatic heterocycles. The highest BCUT2D eigenvalue weighted by Gasteiger charge is 2.18. The van der Waals surface area contributed by atoms with Crippen molar-refractivity contribution < 1.29 is 9.53 Å². The molecule has 1 saturated heterocycles. The molecule has 0 aromatic carbocycles. The lowest BCUT2D eigenvalue weighted by Crippen LogP contribution is -2.31. The zero-order chi connectivity index (χ0) is 11.5. The number of hydrazone groups is 1. The number of carbonyl (C=O) groups is 1. The third-order valence-electron chi connectivity index (χ3n) is 1.63. The van der Waals surface area contributed by atoms with E-state index in [9.17, 15) is 4.79 Å². The molecule has 1 amide bonds. The number of amides is 1. The Labute approximate surface area is 94.2 Å². The first-order valence-electron chi connectivity index (χ1n) is 4.79. The SMILES string of the molecule is CN1CCS/C1=N\NC(=O)OC(C)(C)C. The summed E-state index contributed by atoms with van der Waals surface area (Å²) in [6, 6.07) is 0. The lowest BCUT2D eigenvalue weighted by molar-refractivity contribution is 0.0529. The third-order valence-corrected chi connectivity index (χ3v) is 2.67. The zero-order valence-corrected chi connectivity index (χ0v) is 10.3. The average Bonchev–Trinajstić information content (AvgIpc) is 2.44. The van der Waals surface area contributed by atoms with Gasteiger partial charge in [-0.25, -0.2) is 10.2 Å². The average molecular weight is 231 g/mol. The van der Waals surface area contributed by atoms with Crippen LogP contribution in [-0.2, 0) is 4.74 Å². The molecular formula is C9H17N3O2S. The standard InChI is InChI=1S/C9H17N3O2S/c1-9(2,3)14-8(13)11-10-7-12(4)5-6-15-7/h5-6H2,1-4H3,(H,11,13)/b10-7-. The van der Waals surface area contributed by atoms with Gasteiger partial charge in [0.25, 0.3) is 0 Å². The summed E-state index contributed by atoms with van der Waals surface area (Å²) in [5.74, 6) is 1.01. The summed E-state index contributed by atoms with van der Waals surface area (Å²) in [6.07, 6.45) is -0.518. The van der Waals surface area contributed by atoms with E-state index in [1.165, 1.54) is 0 Å². The first-order valence-corrected chi connectivity index (χ1v) is 5.78. The van der Waals surface area contributed by atoms with Crippen molar-refractivity contribution in [2.75, 3.05) is 19.3 Å². The third kappa shape index (κ3) is 4.42. The molecule has 1 rings (SSSR count). The Morgan fingerprint density at radius 3 is 2.73 bits per heavy atom. The number of hydrogen-bond acceptors (Lipinski definition) is 4. The number of hydrogen-bond donors (Lipinski definition) is 1. The number of carbonyl (C=O) groups excluding carboxylic acids is 1. The van der Waals surface area contributed by atoms with Crippen LogP contribution in [0.1, 0.15) is 20.8 Å². The van der Waals surface area contributed by atoms with Crippen LogP contribution in [0.2, 0.25) is 0 Å². The van der Waals surface area contributed by atoms with Gasteiger partial charge in [0.1, 0.15) is 5.60 Å². The largest absolute Gasteiger partial charge is 0.443 e. The van der Waals surface area contributed by atoms with Gasteiger partial charge in [0.2, 0.25) is 0 Å². The van der Waals surface area contributed by atoms with Gasteiger partial charge in [-0.2, -0.15) is 0 Å². The summed E-state index contributed by atoms with van der Waals surface area (Å²) in [7, 11) is 1.94. The molecule has 0 saturated carbocycles. The van der Waals surface area contributed by atoms with Crippen LogP contribution in [0.25, 0.3) is 0 Å². The van der Waals surface area contributed by atoms with Gasteiger partial charge in [0.15, 0.2) is 5.17 Å². The number of amidine groups is 1. The summed E-state index contributed by atoms with van der Waals surface area (Å²) < 4.78 is 5.05. The van der Waals surface area contributed by atoms with Crippen molar-refractivity contribution in [2.24, 2.45) is 5.10 Å². The van der Waals surface area contributed by atoms with Crippen LogP contribution in [-0.4, -0.2) is 41.1 Å². The van der Waals surface area contributed by atoms with Crippen LogP contribution in [0.3, 0.4) is 0 Å². The molecule has 1 heterocycles. The number of ether oxygens (including phenoxy) is 1. The maximum absolute atomic E-state index is 11.3. The van der Waals surface area contributed by atoms with Gasteiger partial charge >= 0.3 is 6.09 Å². The molecular weight excluding hydrogens is 214 g/mol. The number of nitrogens with one attached hydrogen (secondary N) is 1. The second-order valence-corrected chi connectivity index (χ2v) is 5.34. The molecule has 0 atom stereocenters. The molecule has 0 aliphatic carbocycles. The van der Waals surface area contributed by atoms with Gasteiger partial charge in [0.05, 0.1) is 0 Å². The molecule has 0 bridgehead atoms. The fraction of sp³-hybridized carbons (Fsp3) is 0.778. The van der Waals surface area contributed by atoms with Gasteiger partial charge in [-0.1, -0.05) is 11.8 Å². The Morgan fingerprint density at radius 2 is 2.27 bits per heavy atom. The van der Waals surface area contributed by atoms with E-state index in [1.807, 2.05) is 32.7 Å². The van der Waals surface area contributed by atoms with Gasteiger partial charge in [0, 0.05) is 19.3 Å². The van der Waals surface area contributed by atoms with E-state index in [1.54, 1.807) is 11.8 Å². The smallest absolute Gasteiger partial charge is 0.428 e. The predicted molar refractivity (Wildman–Crippen MR) is 61.9 cm³/mol. The first-order chi connectivity index (χ1) is 6.88. The summed E-state index contributed by atoms with van der Waals surface area (Å²) in [5.41, 5.74) is 1.89. The fourth-order valence-corrected chi connectivity index (χ4v) is 1.96. The van der Waals surface area contributed by atoms with Gasteiger partial charge in [-0.15, -0.1) is 5.10 Å². The van der Waals surface area contributed by atoms with E-state index in [0.717, 1.165) is 17.5 Å². The van der Waals surface area contributed by atoms with E-state index in [4.69, 9.17) is 4.74 Å². The van der Waals surface area contributed by atoms with Gasteiger partial charge < -0.3 is 9.64 Å². The minimum Gasteiger partial charge on any atom is -0.443 e. The highest BCUT2D eigenvalue weighted by atomic mass is 32.2. The predicted octanol–water partition coefficient (Wildman–Crippen LogP) is 1.46. The van der Waals surface area contributed by atoms with Crippen molar-refractivity contribution in [3.63, 3.8) is 0 Å². The zero-order valence-electron chi connectivity index (χ0n) is 9.53. The van der Waals surface area contributed by atoms with Crippen molar-refractivity contribution in [2.45, 2.75) is 26.4 Å². The second kappa shape index (κ2) is 4.74. The quantitative estimate of drug-likeness (QED) is 0.694. The molecule has 6 heteroatoms. The minimum atomic E-state index is -0.518. The molecule has 0 aromatic heterocycles. The Hall–Kier alpha value is -0.910. The maximum Gasteiger partial charge on any atom is 0.428 e. The minimum absolute atomic E-state index is 0.487. The molecule has 15 heavy (non-hydrogen) atoms. The molecule has 1 N–H and O–H groups in total. The van der Waals surface area contributed by atoms with Crippen molar-refractivity contribution in [3.05, 3.63) is 0 Å². The van der Waals surface area contributed by atoms with E-state index >= 15 is 0 Å². The van der Waals surface area contributed by atoms with Crippen LogP contribution in [0.5, 0.6) is 0 Å². The maximum atomic E-state index is 11.3. The highest BCUT2D eigenvalue weighted by Crippen LogP contribution is 2.15. The molecule has 0 unspecified atom stereocenters. The molecule has 86 valence electrons. The molecule has 0 aromatic rings. The van der Waals surface area contributed by atoms with Crippen LogP contribution < -0.4 is 5.43 Å². The highest BCUT2D eigenvalue weighted by molar-refractivity contribution is 8.14. The van der Waals surface area contributed by atoms with Crippen LogP contribution >= 0.6 is 11.8 Å². The van der Waals surface area contributed by atoms with E-state index in [-0.39, 0.29) is 0 Å². The van der Waals surface area contributed by atoms with Gasteiger partial charge in [-0.3, -0.25) is 0 Å². The summed E-state index contributed by atoms with van der Waals surface area (Å²) in [5, 5.41) is 4.79. The Kier molecular flexibility index (Phi) is 3.84. The number of nitrogens with zero attached hydrogens (tertiary/aromatic N) is 2. The second-order valence-electron chi connectivity index (χ2n) is 4.28. The molecule has 5 nitrogen and oxygen atoms in total. The summed E-state index contributed by atoms with van der Waals surface area (Å²) in [6.45, 7) is 6.40. The topological polar surface area (TPSA) is 53.9 Å². The Bertz CT molecular complexity index is 273. The van der Waals surface area contributed by atoms with Crippen LogP contribution in [0, 0.1) is 0 Å². The Balaban J connectivity index is 2.39. The van der Waals surface area contributed by atoms with E-state index < -0.39 is 11.7 Å². The monoisotopic (exact) mass is 231 g/mol. The molecule has 1 aliphatic rings. The van der Waals surface area contributed by atoms with Crippen LogP contribution in [0.15, 0.2) is 5.10 Å². The lowest BCUT2D eigenvalue weighted by atomic mass is 10.2. The first kappa shape index (κ1) is 12.2. The van der Waals surface area contributed by atoms with Crippen molar-refractivity contribution >= 4 is 23.0 Å². The lowest BCUT2D eigenvalue weighted by Gasteiger charge is -2.18. The van der Waals surface area contributed by atoms with E-state index in [0.29, 0.717) is 0 Å². The molecule has 0 spiro atoms. The molecule has 1 fully saturated rings.